The smallest absolute Gasteiger partial charge is 0.255 e. The fourth-order valence-corrected chi connectivity index (χ4v) is 6.05. The standard InChI is InChI=1S/C32H25FN4O5S/c1-3-43(39,40)36-25-16-28-22(29(32(38)34-2)30(42-28)18-8-11-20(33)12-9-18)15-21(25)19-10-13-27-23(14-19)31-35-24-6-4-5-7-26(24)37(31)17-41-27/h4-16,36H,3,17H2,1-2H3,(H,34,38). The Morgan fingerprint density at radius 2 is 1.77 bits per heavy atom. The number of carbonyl (C=O) groups is 1. The van der Waals surface area contributed by atoms with Crippen molar-refractivity contribution < 1.29 is 26.8 Å². The van der Waals surface area contributed by atoms with E-state index in [2.05, 4.69) is 10.0 Å². The van der Waals surface area contributed by atoms with Gasteiger partial charge in [-0.15, -0.1) is 0 Å². The van der Waals surface area contributed by atoms with E-state index in [9.17, 15) is 17.6 Å². The Morgan fingerprint density at radius 1 is 1.00 bits per heavy atom. The van der Waals surface area contributed by atoms with Crippen molar-refractivity contribution >= 4 is 43.6 Å². The Kier molecular flexibility index (Phi) is 6.21. The van der Waals surface area contributed by atoms with E-state index in [4.69, 9.17) is 14.1 Å². The molecule has 0 aliphatic carbocycles. The maximum atomic E-state index is 13.7. The molecule has 2 aromatic heterocycles. The van der Waals surface area contributed by atoms with Gasteiger partial charge in [-0.1, -0.05) is 18.2 Å². The van der Waals surface area contributed by atoms with Gasteiger partial charge in [0.05, 0.1) is 33.6 Å². The summed E-state index contributed by atoms with van der Waals surface area (Å²) in [5.74, 6) is 0.645. The number of sulfonamides is 1. The number of hydrogen-bond donors (Lipinski definition) is 2. The Morgan fingerprint density at radius 3 is 2.53 bits per heavy atom. The lowest BCUT2D eigenvalue weighted by molar-refractivity contribution is 0.0964. The van der Waals surface area contributed by atoms with Crippen LogP contribution in [0.1, 0.15) is 17.3 Å². The molecule has 7 rings (SSSR count). The van der Waals surface area contributed by atoms with Gasteiger partial charge in [0.2, 0.25) is 10.0 Å². The van der Waals surface area contributed by atoms with Gasteiger partial charge in [0.15, 0.2) is 6.73 Å². The molecule has 3 heterocycles. The third-order valence-electron chi connectivity index (χ3n) is 7.57. The van der Waals surface area contributed by atoms with Crippen LogP contribution in [-0.4, -0.2) is 36.7 Å². The number of furan rings is 1. The third-order valence-corrected chi connectivity index (χ3v) is 8.86. The summed E-state index contributed by atoms with van der Waals surface area (Å²) in [6.45, 7) is 1.86. The number of para-hydroxylation sites is 2. The monoisotopic (exact) mass is 596 g/mol. The molecule has 6 aromatic rings. The molecule has 0 unspecified atom stereocenters. The lowest BCUT2D eigenvalue weighted by atomic mass is 9.97. The quantitative estimate of drug-likeness (QED) is 0.230. The number of aromatic nitrogens is 2. The molecule has 0 saturated carbocycles. The Bertz CT molecular complexity index is 2190. The van der Waals surface area contributed by atoms with Gasteiger partial charge in [-0.05, 0) is 67.1 Å². The predicted octanol–water partition coefficient (Wildman–Crippen LogP) is 6.39. The number of anilines is 1. The summed E-state index contributed by atoms with van der Waals surface area (Å²) in [6, 6.07) is 22.3. The van der Waals surface area contributed by atoms with Crippen molar-refractivity contribution in [3.63, 3.8) is 0 Å². The predicted molar refractivity (Wildman–Crippen MR) is 163 cm³/mol. The van der Waals surface area contributed by atoms with Crippen molar-refractivity contribution in [2.75, 3.05) is 17.5 Å². The molecule has 2 N–H and O–H groups in total. The Labute approximate surface area is 246 Å². The third kappa shape index (κ3) is 4.49. The number of halogens is 1. The molecule has 43 heavy (non-hydrogen) atoms. The second-order valence-corrected chi connectivity index (χ2v) is 12.1. The summed E-state index contributed by atoms with van der Waals surface area (Å²) in [5.41, 5.74) is 5.03. The summed E-state index contributed by atoms with van der Waals surface area (Å²) in [6.07, 6.45) is 0. The van der Waals surface area contributed by atoms with Gasteiger partial charge in [0.1, 0.15) is 28.7 Å². The lowest BCUT2D eigenvalue weighted by Gasteiger charge is -2.21. The van der Waals surface area contributed by atoms with Crippen molar-refractivity contribution in [2.45, 2.75) is 13.7 Å². The van der Waals surface area contributed by atoms with Crippen LogP contribution in [0.15, 0.2) is 83.3 Å². The highest BCUT2D eigenvalue weighted by Gasteiger charge is 2.26. The maximum absolute atomic E-state index is 13.7. The van der Waals surface area contributed by atoms with E-state index in [1.807, 2.05) is 47.0 Å². The number of imidazole rings is 1. The van der Waals surface area contributed by atoms with E-state index in [1.54, 1.807) is 19.1 Å². The fraction of sp³-hybridized carbons (Fsp3) is 0.125. The van der Waals surface area contributed by atoms with E-state index in [1.165, 1.54) is 31.3 Å². The summed E-state index contributed by atoms with van der Waals surface area (Å²) in [4.78, 5) is 18.0. The van der Waals surface area contributed by atoms with Gasteiger partial charge in [-0.25, -0.2) is 17.8 Å². The van der Waals surface area contributed by atoms with Crippen LogP contribution in [0, 0.1) is 5.82 Å². The number of ether oxygens (including phenoxy) is 1. The minimum absolute atomic E-state index is 0.144. The number of amides is 1. The Balaban J connectivity index is 1.47. The SMILES string of the molecule is CCS(=O)(=O)Nc1cc2oc(-c3ccc(F)cc3)c(C(=O)NC)c2cc1-c1ccc2c(c1)-c1nc3ccccc3n1CO2. The Hall–Kier alpha value is -5.16. The first-order valence-electron chi connectivity index (χ1n) is 13.6. The second kappa shape index (κ2) is 9.99. The molecule has 1 aliphatic rings. The number of nitrogens with zero attached hydrogens (tertiary/aromatic N) is 2. The molecule has 216 valence electrons. The molecule has 9 nitrogen and oxygen atoms in total. The van der Waals surface area contributed by atoms with Crippen LogP contribution in [0.25, 0.3) is 55.8 Å². The van der Waals surface area contributed by atoms with Crippen molar-refractivity contribution in [1.29, 1.82) is 0 Å². The normalized spacial score (nSPS) is 12.5. The molecule has 0 fully saturated rings. The van der Waals surface area contributed by atoms with Crippen molar-refractivity contribution in [3.8, 4) is 39.6 Å². The molecular formula is C32H25FN4O5S. The highest BCUT2D eigenvalue weighted by Crippen LogP contribution is 2.43. The number of rotatable bonds is 6. The maximum Gasteiger partial charge on any atom is 0.255 e. The summed E-state index contributed by atoms with van der Waals surface area (Å²) in [7, 11) is -2.18. The molecule has 0 atom stereocenters. The topological polar surface area (TPSA) is 115 Å². The zero-order valence-corrected chi connectivity index (χ0v) is 24.0. The minimum Gasteiger partial charge on any atom is -0.472 e. The average Bonchev–Trinajstić information content (AvgIpc) is 3.59. The highest BCUT2D eigenvalue weighted by atomic mass is 32.2. The number of benzene rings is 4. The zero-order valence-electron chi connectivity index (χ0n) is 23.1. The number of nitrogens with one attached hydrogen (secondary N) is 2. The van der Waals surface area contributed by atoms with Crippen LogP contribution in [0.3, 0.4) is 0 Å². The van der Waals surface area contributed by atoms with Crippen molar-refractivity contribution in [3.05, 3.63) is 90.2 Å². The first kappa shape index (κ1) is 26.7. The molecule has 1 aliphatic heterocycles. The number of fused-ring (bicyclic) bond motifs is 6. The molecule has 1 amide bonds. The summed E-state index contributed by atoms with van der Waals surface area (Å²) < 4.78 is 56.1. The van der Waals surface area contributed by atoms with Crippen LogP contribution in [0.4, 0.5) is 10.1 Å². The van der Waals surface area contributed by atoms with Gasteiger partial charge in [0, 0.05) is 29.6 Å². The first-order chi connectivity index (χ1) is 20.8. The second-order valence-electron chi connectivity index (χ2n) is 10.1. The molecule has 11 heteroatoms. The van der Waals surface area contributed by atoms with Gasteiger partial charge < -0.3 is 14.5 Å². The van der Waals surface area contributed by atoms with E-state index in [0.29, 0.717) is 40.1 Å². The number of hydrogen-bond acceptors (Lipinski definition) is 6. The molecule has 0 bridgehead atoms. The van der Waals surface area contributed by atoms with Gasteiger partial charge in [0.25, 0.3) is 5.91 Å². The lowest BCUT2D eigenvalue weighted by Crippen LogP contribution is -2.18. The van der Waals surface area contributed by atoms with Crippen molar-refractivity contribution in [1.82, 2.24) is 14.9 Å². The number of carbonyl (C=O) groups excluding carboxylic acids is 1. The van der Waals surface area contributed by atoms with Crippen LogP contribution in [-0.2, 0) is 16.8 Å². The fourth-order valence-electron chi connectivity index (χ4n) is 5.40. The average molecular weight is 597 g/mol. The van der Waals surface area contributed by atoms with Crippen LogP contribution < -0.4 is 14.8 Å². The van der Waals surface area contributed by atoms with Gasteiger partial charge in [-0.2, -0.15) is 0 Å². The summed E-state index contributed by atoms with van der Waals surface area (Å²) in [5, 5.41) is 3.12. The van der Waals surface area contributed by atoms with E-state index < -0.39 is 21.7 Å². The van der Waals surface area contributed by atoms with Crippen LogP contribution in [0.5, 0.6) is 5.75 Å². The molecule has 0 spiro atoms. The van der Waals surface area contributed by atoms with E-state index >= 15 is 0 Å². The van der Waals surface area contributed by atoms with Gasteiger partial charge >= 0.3 is 0 Å². The largest absolute Gasteiger partial charge is 0.472 e. The molecule has 0 radical (unpaired) electrons. The summed E-state index contributed by atoms with van der Waals surface area (Å²) >= 11 is 0. The first-order valence-corrected chi connectivity index (χ1v) is 15.2. The zero-order chi connectivity index (χ0) is 29.9. The minimum atomic E-state index is -3.69. The van der Waals surface area contributed by atoms with Crippen molar-refractivity contribution in [2.24, 2.45) is 0 Å². The van der Waals surface area contributed by atoms with Crippen LogP contribution in [0.2, 0.25) is 0 Å². The highest BCUT2D eigenvalue weighted by molar-refractivity contribution is 7.92. The van der Waals surface area contributed by atoms with E-state index in [0.717, 1.165) is 22.4 Å². The van der Waals surface area contributed by atoms with Gasteiger partial charge in [-0.3, -0.25) is 14.1 Å². The van der Waals surface area contributed by atoms with E-state index in [-0.39, 0.29) is 22.8 Å². The molecule has 0 saturated heterocycles. The van der Waals surface area contributed by atoms with Crippen LogP contribution >= 0.6 is 0 Å². The molecule has 4 aromatic carbocycles. The molecular weight excluding hydrogens is 571 g/mol.